The van der Waals surface area contributed by atoms with Crippen LogP contribution in [0.25, 0.3) is 0 Å². The number of benzene rings is 1. The van der Waals surface area contributed by atoms with Gasteiger partial charge in [-0.3, -0.25) is 0 Å². The van der Waals surface area contributed by atoms with Crippen LogP contribution in [0.4, 0.5) is 0 Å². The van der Waals surface area contributed by atoms with Crippen molar-refractivity contribution in [2.24, 2.45) is 5.16 Å². The Bertz CT molecular complexity index is 413. The van der Waals surface area contributed by atoms with Crippen LogP contribution in [0.15, 0.2) is 35.5 Å². The highest BCUT2D eigenvalue weighted by Gasteiger charge is 2.03. The number of oxime groups is 1. The van der Waals surface area contributed by atoms with E-state index in [0.717, 1.165) is 24.1 Å². The van der Waals surface area contributed by atoms with Crippen LogP contribution in [-0.2, 0) is 0 Å². The van der Waals surface area contributed by atoms with E-state index in [1.807, 2.05) is 30.3 Å². The summed E-state index contributed by atoms with van der Waals surface area (Å²) in [5, 5.41) is 12.6. The summed E-state index contributed by atoms with van der Waals surface area (Å²) in [6, 6.07) is 9.99. The molecule has 0 heterocycles. The second-order valence-corrected chi connectivity index (χ2v) is 6.91. The van der Waals surface area contributed by atoms with E-state index in [-0.39, 0.29) is 0 Å². The Balaban J connectivity index is 1.90. The predicted octanol–water partition coefficient (Wildman–Crippen LogP) is 7.35. The molecule has 0 aliphatic carbocycles. The van der Waals surface area contributed by atoms with E-state index in [9.17, 15) is 0 Å². The molecule has 1 aromatic rings. The Hall–Kier alpha value is -1.31. The molecule has 0 aromatic heterocycles. The van der Waals surface area contributed by atoms with Gasteiger partial charge in [-0.05, 0) is 18.4 Å². The number of unbranched alkanes of at least 4 members (excludes halogenated alkanes) is 12. The van der Waals surface area contributed by atoms with Gasteiger partial charge in [0.15, 0.2) is 0 Å². The van der Waals surface area contributed by atoms with Gasteiger partial charge in [0.1, 0.15) is 0 Å². The third-order valence-corrected chi connectivity index (χ3v) is 4.74. The van der Waals surface area contributed by atoms with Gasteiger partial charge in [-0.2, -0.15) is 0 Å². The lowest BCUT2D eigenvalue weighted by atomic mass is 10.0. The molecule has 0 atom stereocenters. The molecule has 0 bridgehead atoms. The van der Waals surface area contributed by atoms with Gasteiger partial charge < -0.3 is 5.21 Å². The standard InChI is InChI=1S/C22H37NO/c1-2-3-4-5-6-7-8-9-10-11-12-13-17-20-22(23-24)21-18-15-14-16-19-21/h14-16,18-19,24H,2-13,17,20H2,1H3/b23-22+. The van der Waals surface area contributed by atoms with Gasteiger partial charge in [0.25, 0.3) is 0 Å². The van der Waals surface area contributed by atoms with Crippen LogP contribution < -0.4 is 0 Å². The Labute approximate surface area is 149 Å². The number of hydrogen-bond donors (Lipinski definition) is 1. The summed E-state index contributed by atoms with van der Waals surface area (Å²) >= 11 is 0. The average molecular weight is 332 g/mol. The van der Waals surface area contributed by atoms with Crippen molar-refractivity contribution >= 4 is 5.71 Å². The van der Waals surface area contributed by atoms with Crippen LogP contribution in [-0.4, -0.2) is 10.9 Å². The van der Waals surface area contributed by atoms with E-state index in [1.165, 1.54) is 77.0 Å². The normalized spacial score (nSPS) is 11.8. The molecule has 136 valence electrons. The fraction of sp³-hybridized carbons (Fsp3) is 0.682. The Morgan fingerprint density at radius 2 is 1.17 bits per heavy atom. The zero-order valence-electron chi connectivity index (χ0n) is 15.7. The molecule has 1 N–H and O–H groups in total. The molecule has 2 nitrogen and oxygen atoms in total. The fourth-order valence-electron chi connectivity index (χ4n) is 3.19. The molecule has 0 aliphatic rings. The SMILES string of the molecule is CCCCCCCCCCCCCCC/C(=N\O)c1ccccc1. The Kier molecular flexibility index (Phi) is 13.2. The fourth-order valence-corrected chi connectivity index (χ4v) is 3.19. The summed E-state index contributed by atoms with van der Waals surface area (Å²) in [6.45, 7) is 2.28. The number of nitrogens with zero attached hydrogens (tertiary/aromatic N) is 1. The maximum absolute atomic E-state index is 9.16. The average Bonchev–Trinajstić information content (AvgIpc) is 2.63. The summed E-state index contributed by atoms with van der Waals surface area (Å²) < 4.78 is 0. The highest BCUT2D eigenvalue weighted by molar-refractivity contribution is 6.00. The molecule has 1 aromatic carbocycles. The van der Waals surface area contributed by atoms with Gasteiger partial charge in [-0.1, -0.05) is 119 Å². The molecule has 1 rings (SSSR count). The van der Waals surface area contributed by atoms with Crippen molar-refractivity contribution in [1.29, 1.82) is 0 Å². The van der Waals surface area contributed by atoms with Crippen molar-refractivity contribution in [3.05, 3.63) is 35.9 Å². The minimum atomic E-state index is 0.818. The minimum Gasteiger partial charge on any atom is -0.411 e. The lowest BCUT2D eigenvalue weighted by molar-refractivity contribution is 0.317. The monoisotopic (exact) mass is 331 g/mol. The van der Waals surface area contributed by atoms with Gasteiger partial charge in [0, 0.05) is 0 Å². The zero-order valence-corrected chi connectivity index (χ0v) is 15.7. The topological polar surface area (TPSA) is 32.6 Å². The molecule has 0 unspecified atom stereocenters. The van der Waals surface area contributed by atoms with E-state index in [4.69, 9.17) is 5.21 Å². The summed E-state index contributed by atoms with van der Waals surface area (Å²) in [6.07, 6.45) is 18.6. The van der Waals surface area contributed by atoms with Crippen LogP contribution in [0.5, 0.6) is 0 Å². The van der Waals surface area contributed by atoms with E-state index < -0.39 is 0 Å². The van der Waals surface area contributed by atoms with Gasteiger partial charge in [-0.25, -0.2) is 0 Å². The molecule has 0 saturated heterocycles. The molecule has 0 fully saturated rings. The van der Waals surface area contributed by atoms with E-state index in [0.29, 0.717) is 0 Å². The minimum absolute atomic E-state index is 0.818. The summed E-state index contributed by atoms with van der Waals surface area (Å²) in [7, 11) is 0. The molecule has 2 heteroatoms. The summed E-state index contributed by atoms with van der Waals surface area (Å²) in [5.41, 5.74) is 1.86. The van der Waals surface area contributed by atoms with Crippen LogP contribution in [0, 0.1) is 0 Å². The van der Waals surface area contributed by atoms with E-state index in [2.05, 4.69) is 12.1 Å². The third-order valence-electron chi connectivity index (χ3n) is 4.74. The highest BCUT2D eigenvalue weighted by atomic mass is 16.4. The van der Waals surface area contributed by atoms with Crippen LogP contribution in [0.3, 0.4) is 0 Å². The molecule has 0 saturated carbocycles. The van der Waals surface area contributed by atoms with E-state index in [1.54, 1.807) is 0 Å². The molecular formula is C22H37NO. The molecule has 0 amide bonds. The molecule has 24 heavy (non-hydrogen) atoms. The van der Waals surface area contributed by atoms with Crippen LogP contribution >= 0.6 is 0 Å². The first-order valence-corrected chi connectivity index (χ1v) is 10.1. The maximum atomic E-state index is 9.16. The second-order valence-electron chi connectivity index (χ2n) is 6.91. The highest BCUT2D eigenvalue weighted by Crippen LogP contribution is 2.14. The number of hydrogen-bond acceptors (Lipinski definition) is 2. The quantitative estimate of drug-likeness (QED) is 0.155. The van der Waals surface area contributed by atoms with Crippen molar-refractivity contribution in [2.45, 2.75) is 96.8 Å². The molecule has 0 radical (unpaired) electrons. The van der Waals surface area contributed by atoms with Gasteiger partial charge in [0.05, 0.1) is 5.71 Å². The number of rotatable bonds is 15. The largest absolute Gasteiger partial charge is 0.411 e. The van der Waals surface area contributed by atoms with Gasteiger partial charge in [0.2, 0.25) is 0 Å². The smallest absolute Gasteiger partial charge is 0.0867 e. The van der Waals surface area contributed by atoms with Crippen molar-refractivity contribution in [1.82, 2.24) is 0 Å². The second kappa shape index (κ2) is 15.2. The summed E-state index contributed by atoms with van der Waals surface area (Å²) in [4.78, 5) is 0. The van der Waals surface area contributed by atoms with Crippen LogP contribution in [0.1, 0.15) is 102 Å². The predicted molar refractivity (Wildman–Crippen MR) is 105 cm³/mol. The van der Waals surface area contributed by atoms with E-state index >= 15 is 0 Å². The lowest BCUT2D eigenvalue weighted by Crippen LogP contribution is -2.00. The van der Waals surface area contributed by atoms with Crippen LogP contribution in [0.2, 0.25) is 0 Å². The Morgan fingerprint density at radius 3 is 1.62 bits per heavy atom. The first-order chi connectivity index (χ1) is 11.9. The first-order valence-electron chi connectivity index (χ1n) is 10.1. The zero-order chi connectivity index (χ0) is 17.3. The third kappa shape index (κ3) is 10.5. The molecule has 0 spiro atoms. The Morgan fingerprint density at radius 1 is 0.708 bits per heavy atom. The maximum Gasteiger partial charge on any atom is 0.0867 e. The van der Waals surface area contributed by atoms with Crippen molar-refractivity contribution in [3.63, 3.8) is 0 Å². The van der Waals surface area contributed by atoms with Crippen molar-refractivity contribution in [2.75, 3.05) is 0 Å². The molecular weight excluding hydrogens is 294 g/mol. The lowest BCUT2D eigenvalue weighted by Gasteiger charge is -2.05. The van der Waals surface area contributed by atoms with Gasteiger partial charge in [-0.15, -0.1) is 0 Å². The van der Waals surface area contributed by atoms with Crippen molar-refractivity contribution < 1.29 is 5.21 Å². The first kappa shape index (κ1) is 20.7. The van der Waals surface area contributed by atoms with Gasteiger partial charge >= 0.3 is 0 Å². The molecule has 0 aliphatic heterocycles. The van der Waals surface area contributed by atoms with Crippen molar-refractivity contribution in [3.8, 4) is 0 Å². The summed E-state index contributed by atoms with van der Waals surface area (Å²) in [5.74, 6) is 0.